The van der Waals surface area contributed by atoms with Gasteiger partial charge in [0.15, 0.2) is 5.96 Å². The van der Waals surface area contributed by atoms with Crippen molar-refractivity contribution in [1.82, 2.24) is 15.1 Å². The molecule has 1 aromatic carbocycles. The Hall–Kier alpha value is -1.46. The monoisotopic (exact) mass is 548 g/mol. The van der Waals surface area contributed by atoms with Crippen molar-refractivity contribution in [3.05, 3.63) is 35.6 Å². The van der Waals surface area contributed by atoms with Gasteiger partial charge in [0.2, 0.25) is 0 Å². The standard InChI is InChI=1S/C22H33FN4O3.HI/c1-4-24-22(27-14-16(2)19(15-27)21(28)29-3)25-13-20(26-9-11-30-12-10-26)17-5-7-18(23)8-6-17;/h5-8,16,19-20H,4,9-15H2,1-3H3,(H,24,25);1H. The number of rotatable bonds is 6. The average molecular weight is 548 g/mol. The number of methoxy groups -OCH3 is 1. The Morgan fingerprint density at radius 1 is 1.29 bits per heavy atom. The molecule has 31 heavy (non-hydrogen) atoms. The van der Waals surface area contributed by atoms with Gasteiger partial charge in [0.1, 0.15) is 5.82 Å². The topological polar surface area (TPSA) is 66.4 Å². The fourth-order valence-electron chi connectivity index (χ4n) is 4.20. The van der Waals surface area contributed by atoms with Crippen LogP contribution >= 0.6 is 24.0 Å². The lowest BCUT2D eigenvalue weighted by atomic mass is 9.99. The number of nitrogens with zero attached hydrogens (tertiary/aromatic N) is 3. The first-order valence-corrected chi connectivity index (χ1v) is 10.7. The van der Waals surface area contributed by atoms with Crippen LogP contribution in [0.2, 0.25) is 0 Å². The second-order valence-corrected chi connectivity index (χ2v) is 7.92. The molecule has 9 heteroatoms. The molecule has 0 aliphatic carbocycles. The van der Waals surface area contributed by atoms with Crippen molar-refractivity contribution in [1.29, 1.82) is 0 Å². The van der Waals surface area contributed by atoms with E-state index in [-0.39, 0.29) is 53.6 Å². The predicted octanol–water partition coefficient (Wildman–Crippen LogP) is 2.52. The number of esters is 1. The quantitative estimate of drug-likeness (QED) is 0.255. The number of guanidine groups is 1. The van der Waals surface area contributed by atoms with Crippen LogP contribution in [-0.4, -0.2) is 81.3 Å². The van der Waals surface area contributed by atoms with Crippen LogP contribution < -0.4 is 5.32 Å². The second kappa shape index (κ2) is 12.5. The highest BCUT2D eigenvalue weighted by atomic mass is 127. The van der Waals surface area contributed by atoms with Crippen molar-refractivity contribution < 1.29 is 18.7 Å². The molecule has 174 valence electrons. The summed E-state index contributed by atoms with van der Waals surface area (Å²) < 4.78 is 23.9. The molecule has 2 aliphatic rings. The van der Waals surface area contributed by atoms with E-state index >= 15 is 0 Å². The number of carbonyl (C=O) groups is 1. The highest BCUT2D eigenvalue weighted by Gasteiger charge is 2.37. The van der Waals surface area contributed by atoms with Crippen LogP contribution in [0.5, 0.6) is 0 Å². The first kappa shape index (κ1) is 25.8. The van der Waals surface area contributed by atoms with Gasteiger partial charge in [-0.3, -0.25) is 14.7 Å². The molecule has 3 unspecified atom stereocenters. The maximum absolute atomic E-state index is 13.5. The Labute approximate surface area is 201 Å². The molecule has 0 bridgehead atoms. The number of likely N-dealkylation sites (tertiary alicyclic amines) is 1. The largest absolute Gasteiger partial charge is 0.469 e. The van der Waals surface area contributed by atoms with E-state index in [2.05, 4.69) is 22.0 Å². The van der Waals surface area contributed by atoms with E-state index < -0.39 is 0 Å². The molecule has 3 atom stereocenters. The minimum absolute atomic E-state index is 0. The van der Waals surface area contributed by atoms with Crippen molar-refractivity contribution in [3.63, 3.8) is 0 Å². The average Bonchev–Trinajstić information content (AvgIpc) is 3.16. The number of carbonyl (C=O) groups excluding carboxylic acids is 1. The summed E-state index contributed by atoms with van der Waals surface area (Å²) in [5.74, 6) is 0.449. The molecule has 0 aromatic heterocycles. The third-order valence-corrected chi connectivity index (χ3v) is 5.91. The fourth-order valence-corrected chi connectivity index (χ4v) is 4.20. The van der Waals surface area contributed by atoms with Gasteiger partial charge < -0.3 is 19.7 Å². The van der Waals surface area contributed by atoms with E-state index in [1.807, 2.05) is 19.1 Å². The number of hydrogen-bond acceptors (Lipinski definition) is 5. The number of halogens is 2. The van der Waals surface area contributed by atoms with E-state index in [4.69, 9.17) is 14.5 Å². The van der Waals surface area contributed by atoms with Crippen LogP contribution in [0.25, 0.3) is 0 Å². The molecule has 2 saturated heterocycles. The Bertz CT molecular complexity index is 728. The summed E-state index contributed by atoms with van der Waals surface area (Å²) in [4.78, 5) is 21.5. The van der Waals surface area contributed by atoms with Crippen molar-refractivity contribution in [2.75, 3.05) is 59.6 Å². The van der Waals surface area contributed by atoms with Crippen LogP contribution in [0.3, 0.4) is 0 Å². The fraction of sp³-hybridized carbons (Fsp3) is 0.636. The number of ether oxygens (including phenoxy) is 2. The first-order valence-electron chi connectivity index (χ1n) is 10.7. The van der Waals surface area contributed by atoms with E-state index in [0.717, 1.165) is 37.7 Å². The molecular weight excluding hydrogens is 514 g/mol. The minimum Gasteiger partial charge on any atom is -0.469 e. The van der Waals surface area contributed by atoms with Gasteiger partial charge in [-0.25, -0.2) is 4.39 Å². The molecule has 2 fully saturated rings. The first-order chi connectivity index (χ1) is 14.5. The van der Waals surface area contributed by atoms with Crippen LogP contribution in [0, 0.1) is 17.7 Å². The zero-order valence-electron chi connectivity index (χ0n) is 18.6. The Balaban J connectivity index is 0.00000341. The van der Waals surface area contributed by atoms with Gasteiger partial charge in [-0.15, -0.1) is 24.0 Å². The van der Waals surface area contributed by atoms with Crippen molar-refractivity contribution in [2.45, 2.75) is 19.9 Å². The molecule has 7 nitrogen and oxygen atoms in total. The third kappa shape index (κ3) is 6.76. The molecule has 0 saturated carbocycles. The number of aliphatic imine (C=N–C) groups is 1. The molecule has 0 amide bonds. The van der Waals surface area contributed by atoms with Crippen molar-refractivity contribution in [2.24, 2.45) is 16.8 Å². The van der Waals surface area contributed by atoms with E-state index in [0.29, 0.717) is 26.3 Å². The third-order valence-electron chi connectivity index (χ3n) is 5.91. The zero-order chi connectivity index (χ0) is 21.5. The molecule has 1 N–H and O–H groups in total. The summed E-state index contributed by atoms with van der Waals surface area (Å²) in [6.07, 6.45) is 0. The maximum atomic E-state index is 13.5. The van der Waals surface area contributed by atoms with Crippen LogP contribution in [0.15, 0.2) is 29.3 Å². The maximum Gasteiger partial charge on any atom is 0.310 e. The predicted molar refractivity (Wildman–Crippen MR) is 129 cm³/mol. The number of morpholine rings is 1. The lowest BCUT2D eigenvalue weighted by Crippen LogP contribution is -2.43. The second-order valence-electron chi connectivity index (χ2n) is 7.92. The molecule has 2 heterocycles. The number of nitrogens with one attached hydrogen (secondary N) is 1. The van der Waals surface area contributed by atoms with Gasteiger partial charge in [-0.2, -0.15) is 0 Å². The molecule has 2 aliphatic heterocycles. The Kier molecular flexibility index (Phi) is 10.4. The van der Waals surface area contributed by atoms with E-state index in [1.165, 1.54) is 19.2 Å². The molecule has 1 aromatic rings. The van der Waals surface area contributed by atoms with Crippen molar-refractivity contribution >= 4 is 35.9 Å². The lowest BCUT2D eigenvalue weighted by molar-refractivity contribution is -0.145. The highest BCUT2D eigenvalue weighted by Crippen LogP contribution is 2.26. The molecule has 3 rings (SSSR count). The smallest absolute Gasteiger partial charge is 0.310 e. The van der Waals surface area contributed by atoms with Gasteiger partial charge in [0, 0.05) is 32.7 Å². The summed E-state index contributed by atoms with van der Waals surface area (Å²) in [5.41, 5.74) is 1.04. The summed E-state index contributed by atoms with van der Waals surface area (Å²) >= 11 is 0. The van der Waals surface area contributed by atoms with Crippen LogP contribution in [-0.2, 0) is 14.3 Å². The molecule has 0 radical (unpaired) electrons. The SMILES string of the molecule is CCNC(=NCC(c1ccc(F)cc1)N1CCOCC1)N1CC(C)C(C(=O)OC)C1.I. The molecule has 0 spiro atoms. The normalized spacial score (nSPS) is 23.2. The summed E-state index contributed by atoms with van der Waals surface area (Å²) in [6.45, 7) is 9.75. The van der Waals surface area contributed by atoms with Gasteiger partial charge in [0.25, 0.3) is 0 Å². The van der Waals surface area contributed by atoms with Crippen LogP contribution in [0.4, 0.5) is 4.39 Å². The zero-order valence-corrected chi connectivity index (χ0v) is 20.9. The number of hydrogen-bond donors (Lipinski definition) is 1. The summed E-state index contributed by atoms with van der Waals surface area (Å²) in [7, 11) is 1.44. The van der Waals surface area contributed by atoms with Gasteiger partial charge in [0.05, 0.1) is 38.8 Å². The van der Waals surface area contributed by atoms with E-state index in [9.17, 15) is 9.18 Å². The number of benzene rings is 1. The summed E-state index contributed by atoms with van der Waals surface area (Å²) in [5, 5.41) is 3.36. The highest BCUT2D eigenvalue weighted by molar-refractivity contribution is 14.0. The Morgan fingerprint density at radius 2 is 1.97 bits per heavy atom. The minimum atomic E-state index is -0.240. The Morgan fingerprint density at radius 3 is 2.58 bits per heavy atom. The van der Waals surface area contributed by atoms with Crippen LogP contribution in [0.1, 0.15) is 25.5 Å². The lowest BCUT2D eigenvalue weighted by Gasteiger charge is -2.34. The van der Waals surface area contributed by atoms with E-state index in [1.54, 1.807) is 0 Å². The van der Waals surface area contributed by atoms with Gasteiger partial charge in [-0.1, -0.05) is 19.1 Å². The molecular formula is C22H34FIN4O3. The van der Waals surface area contributed by atoms with Gasteiger partial charge >= 0.3 is 5.97 Å². The summed E-state index contributed by atoms with van der Waals surface area (Å²) in [6, 6.07) is 6.72. The van der Waals surface area contributed by atoms with Gasteiger partial charge in [-0.05, 0) is 30.5 Å². The van der Waals surface area contributed by atoms with Crippen molar-refractivity contribution in [3.8, 4) is 0 Å².